The topological polar surface area (TPSA) is 49.4 Å². The number of likely N-dealkylation sites (tertiary alicyclic amines) is 1. The molecule has 0 aromatic heterocycles. The fourth-order valence-corrected chi connectivity index (χ4v) is 1.81. The van der Waals surface area contributed by atoms with Crippen molar-refractivity contribution in [3.05, 3.63) is 0 Å². The first-order valence-electron chi connectivity index (χ1n) is 5.27. The highest BCUT2D eigenvalue weighted by Crippen LogP contribution is 2.13. The lowest BCUT2D eigenvalue weighted by atomic mass is 10.1. The number of carbonyl (C=O) groups is 2. The SMILES string of the molecule is CC(CNC(=O)CCl)N1CCCCC1=O. The van der Waals surface area contributed by atoms with Crippen LogP contribution in [0.2, 0.25) is 0 Å². The van der Waals surface area contributed by atoms with Crippen molar-refractivity contribution in [1.82, 2.24) is 10.2 Å². The summed E-state index contributed by atoms with van der Waals surface area (Å²) in [6.45, 7) is 3.23. The highest BCUT2D eigenvalue weighted by Gasteiger charge is 2.22. The number of alkyl halides is 1. The summed E-state index contributed by atoms with van der Waals surface area (Å²) in [4.78, 5) is 24.3. The molecule has 0 radical (unpaired) electrons. The van der Waals surface area contributed by atoms with Gasteiger partial charge in [0.1, 0.15) is 5.88 Å². The number of hydrogen-bond donors (Lipinski definition) is 1. The van der Waals surface area contributed by atoms with Crippen LogP contribution in [-0.2, 0) is 9.59 Å². The Morgan fingerprint density at radius 1 is 1.60 bits per heavy atom. The number of hydrogen-bond acceptors (Lipinski definition) is 2. The van der Waals surface area contributed by atoms with E-state index in [1.54, 1.807) is 0 Å². The molecular formula is C10H17ClN2O2. The summed E-state index contributed by atoms with van der Waals surface area (Å²) in [6.07, 6.45) is 2.67. The van der Waals surface area contributed by atoms with Crippen LogP contribution in [0, 0.1) is 0 Å². The molecule has 1 aliphatic rings. The maximum absolute atomic E-state index is 11.5. The third kappa shape index (κ3) is 3.70. The first kappa shape index (κ1) is 12.3. The van der Waals surface area contributed by atoms with E-state index in [9.17, 15) is 9.59 Å². The second kappa shape index (κ2) is 5.95. The summed E-state index contributed by atoms with van der Waals surface area (Å²) in [7, 11) is 0. The van der Waals surface area contributed by atoms with Gasteiger partial charge >= 0.3 is 0 Å². The summed E-state index contributed by atoms with van der Waals surface area (Å²) in [5.41, 5.74) is 0. The van der Waals surface area contributed by atoms with E-state index in [0.717, 1.165) is 19.4 Å². The molecule has 0 saturated carbocycles. The summed E-state index contributed by atoms with van der Waals surface area (Å²) in [5, 5.41) is 2.69. The summed E-state index contributed by atoms with van der Waals surface area (Å²) in [5.74, 6) is -0.0254. The average molecular weight is 233 g/mol. The van der Waals surface area contributed by atoms with Gasteiger partial charge in [-0.25, -0.2) is 0 Å². The molecule has 2 amide bonds. The molecule has 1 rings (SSSR count). The van der Waals surface area contributed by atoms with E-state index in [-0.39, 0.29) is 23.7 Å². The number of amides is 2. The van der Waals surface area contributed by atoms with E-state index in [2.05, 4.69) is 5.32 Å². The van der Waals surface area contributed by atoms with Gasteiger partial charge in [0.05, 0.1) is 0 Å². The molecule has 1 heterocycles. The summed E-state index contributed by atoms with van der Waals surface area (Å²) in [6, 6.07) is 0.0602. The highest BCUT2D eigenvalue weighted by atomic mass is 35.5. The lowest BCUT2D eigenvalue weighted by Gasteiger charge is -2.32. The second-order valence-corrected chi connectivity index (χ2v) is 4.10. The Morgan fingerprint density at radius 3 is 2.93 bits per heavy atom. The molecular weight excluding hydrogens is 216 g/mol. The predicted octanol–water partition coefficient (Wildman–Crippen LogP) is 0.742. The van der Waals surface area contributed by atoms with Crippen LogP contribution in [0.15, 0.2) is 0 Å². The van der Waals surface area contributed by atoms with Crippen molar-refractivity contribution in [2.24, 2.45) is 0 Å². The molecule has 1 fully saturated rings. The minimum Gasteiger partial charge on any atom is -0.353 e. The number of carbonyl (C=O) groups excluding carboxylic acids is 2. The molecule has 86 valence electrons. The van der Waals surface area contributed by atoms with Crippen LogP contribution in [0.5, 0.6) is 0 Å². The Kier molecular flexibility index (Phi) is 4.88. The van der Waals surface area contributed by atoms with Crippen LogP contribution >= 0.6 is 11.6 Å². The van der Waals surface area contributed by atoms with Crippen molar-refractivity contribution < 1.29 is 9.59 Å². The van der Waals surface area contributed by atoms with E-state index in [1.807, 2.05) is 11.8 Å². The first-order valence-corrected chi connectivity index (χ1v) is 5.80. The van der Waals surface area contributed by atoms with Crippen molar-refractivity contribution in [1.29, 1.82) is 0 Å². The second-order valence-electron chi connectivity index (χ2n) is 3.83. The van der Waals surface area contributed by atoms with Gasteiger partial charge in [0.15, 0.2) is 0 Å². The minimum absolute atomic E-state index is 0.0271. The number of halogens is 1. The molecule has 1 aliphatic heterocycles. The summed E-state index contributed by atoms with van der Waals surface area (Å²) < 4.78 is 0. The van der Waals surface area contributed by atoms with Gasteiger partial charge in [-0.1, -0.05) is 0 Å². The van der Waals surface area contributed by atoms with Gasteiger partial charge in [-0.15, -0.1) is 11.6 Å². The Bertz CT molecular complexity index is 246. The quantitative estimate of drug-likeness (QED) is 0.727. The molecule has 0 bridgehead atoms. The Labute approximate surface area is 95.0 Å². The number of nitrogens with zero attached hydrogens (tertiary/aromatic N) is 1. The van der Waals surface area contributed by atoms with Gasteiger partial charge < -0.3 is 10.2 Å². The normalized spacial score (nSPS) is 18.8. The third-order valence-corrected chi connectivity index (χ3v) is 2.85. The van der Waals surface area contributed by atoms with Crippen molar-refractivity contribution in [3.63, 3.8) is 0 Å². The van der Waals surface area contributed by atoms with E-state index in [4.69, 9.17) is 11.6 Å². The molecule has 0 aliphatic carbocycles. The smallest absolute Gasteiger partial charge is 0.234 e. The average Bonchev–Trinajstić information content (AvgIpc) is 2.26. The Morgan fingerprint density at radius 2 is 2.33 bits per heavy atom. The van der Waals surface area contributed by atoms with Crippen LogP contribution in [0.4, 0.5) is 0 Å². The monoisotopic (exact) mass is 232 g/mol. The maximum Gasteiger partial charge on any atom is 0.234 e. The zero-order valence-corrected chi connectivity index (χ0v) is 9.72. The highest BCUT2D eigenvalue weighted by molar-refractivity contribution is 6.27. The first-order chi connectivity index (χ1) is 7.15. The van der Waals surface area contributed by atoms with E-state index >= 15 is 0 Å². The van der Waals surface area contributed by atoms with Crippen LogP contribution in [0.3, 0.4) is 0 Å². The lowest BCUT2D eigenvalue weighted by Crippen LogP contribution is -2.47. The molecule has 1 atom stereocenters. The molecule has 1 unspecified atom stereocenters. The Balaban J connectivity index is 2.34. The van der Waals surface area contributed by atoms with E-state index in [1.165, 1.54) is 0 Å². The minimum atomic E-state index is -0.187. The van der Waals surface area contributed by atoms with Gasteiger partial charge in [0, 0.05) is 25.6 Å². The number of piperidine rings is 1. The largest absolute Gasteiger partial charge is 0.353 e. The van der Waals surface area contributed by atoms with Crippen LogP contribution in [0.1, 0.15) is 26.2 Å². The lowest BCUT2D eigenvalue weighted by molar-refractivity contribution is -0.135. The van der Waals surface area contributed by atoms with Gasteiger partial charge in [-0.05, 0) is 19.8 Å². The van der Waals surface area contributed by atoms with E-state index in [0.29, 0.717) is 13.0 Å². The molecule has 0 aromatic rings. The van der Waals surface area contributed by atoms with Crippen molar-refractivity contribution in [2.75, 3.05) is 19.0 Å². The van der Waals surface area contributed by atoms with Crippen molar-refractivity contribution >= 4 is 23.4 Å². The van der Waals surface area contributed by atoms with E-state index < -0.39 is 0 Å². The maximum atomic E-state index is 11.5. The van der Waals surface area contributed by atoms with Crippen LogP contribution in [-0.4, -0.2) is 41.7 Å². The Hall–Kier alpha value is -0.770. The zero-order chi connectivity index (χ0) is 11.3. The number of nitrogens with one attached hydrogen (secondary N) is 1. The van der Waals surface area contributed by atoms with Gasteiger partial charge in [-0.2, -0.15) is 0 Å². The number of rotatable bonds is 4. The van der Waals surface area contributed by atoms with Crippen molar-refractivity contribution in [3.8, 4) is 0 Å². The van der Waals surface area contributed by atoms with Gasteiger partial charge in [-0.3, -0.25) is 9.59 Å². The molecule has 4 nitrogen and oxygen atoms in total. The zero-order valence-electron chi connectivity index (χ0n) is 8.96. The molecule has 1 N–H and O–H groups in total. The van der Waals surface area contributed by atoms with Gasteiger partial charge in [0.2, 0.25) is 11.8 Å². The molecule has 1 saturated heterocycles. The molecule has 15 heavy (non-hydrogen) atoms. The van der Waals surface area contributed by atoms with Crippen molar-refractivity contribution in [2.45, 2.75) is 32.2 Å². The van der Waals surface area contributed by atoms with Crippen LogP contribution < -0.4 is 5.32 Å². The molecule has 0 aromatic carbocycles. The molecule has 0 spiro atoms. The molecule has 5 heteroatoms. The van der Waals surface area contributed by atoms with Gasteiger partial charge in [0.25, 0.3) is 0 Å². The fraction of sp³-hybridized carbons (Fsp3) is 0.800. The fourth-order valence-electron chi connectivity index (χ4n) is 1.71. The van der Waals surface area contributed by atoms with Crippen LogP contribution in [0.25, 0.3) is 0 Å². The third-order valence-electron chi connectivity index (χ3n) is 2.61. The predicted molar refractivity (Wildman–Crippen MR) is 58.8 cm³/mol. The summed E-state index contributed by atoms with van der Waals surface area (Å²) >= 11 is 5.36. The standard InChI is InChI=1S/C10H17ClN2O2/c1-8(7-12-9(14)6-11)13-5-3-2-4-10(13)15/h8H,2-7H2,1H3,(H,12,14).